The van der Waals surface area contributed by atoms with Gasteiger partial charge >= 0.3 is 0 Å². The summed E-state index contributed by atoms with van der Waals surface area (Å²) in [4.78, 5) is 0. The van der Waals surface area contributed by atoms with Gasteiger partial charge in [0.2, 0.25) is 0 Å². The number of fused-ring (bicyclic) bond motifs is 14. The van der Waals surface area contributed by atoms with Crippen LogP contribution in [0.3, 0.4) is 0 Å². The summed E-state index contributed by atoms with van der Waals surface area (Å²) >= 11 is 0. The third-order valence-corrected chi connectivity index (χ3v) is 25.1. The summed E-state index contributed by atoms with van der Waals surface area (Å²) in [5.41, 5.74) is 35.4. The van der Waals surface area contributed by atoms with Crippen molar-refractivity contribution < 1.29 is 0 Å². The molecule has 0 amide bonds. The molecular weight excluding hydrogens is 1370 g/mol. The molecule has 0 saturated carbocycles. The predicted molar refractivity (Wildman–Crippen MR) is 477 cm³/mol. The maximum atomic E-state index is 2.49. The van der Waals surface area contributed by atoms with Crippen LogP contribution < -0.4 is 0 Å². The van der Waals surface area contributed by atoms with Gasteiger partial charge in [0.1, 0.15) is 0 Å². The Balaban J connectivity index is 0.682. The maximum Gasteiger partial charge on any atom is 0.0713 e. The van der Waals surface area contributed by atoms with Gasteiger partial charge in [0.05, 0.1) is 32.9 Å². The highest BCUT2D eigenvalue weighted by Crippen LogP contribution is 2.59. The Morgan fingerprint density at radius 1 is 0.149 bits per heavy atom. The molecule has 23 rings (SSSR count). The third kappa shape index (κ3) is 9.81. The summed E-state index contributed by atoms with van der Waals surface area (Å²) in [5, 5.41) is 9.63. The highest BCUT2D eigenvalue weighted by atomic mass is 15.0. The van der Waals surface area contributed by atoms with E-state index in [1.165, 1.54) is 154 Å². The van der Waals surface area contributed by atoms with Crippen LogP contribution in [0.5, 0.6) is 0 Å². The Morgan fingerprint density at radius 3 is 0.702 bits per heavy atom. The molecule has 0 fully saturated rings. The highest BCUT2D eigenvalue weighted by Gasteiger charge is 2.48. The number of hydrogen-bond donors (Lipinski definition) is 0. The average molecular weight is 1450 g/mol. The topological polar surface area (TPSA) is 9.86 Å². The first-order valence-electron chi connectivity index (χ1n) is 39.7. The summed E-state index contributed by atoms with van der Waals surface area (Å²) in [5.74, 6) is 0. The molecule has 2 aliphatic rings. The summed E-state index contributed by atoms with van der Waals surface area (Å²) in [6, 6.07) is 164. The number of nitrogens with zero attached hydrogens (tertiary/aromatic N) is 2. The molecule has 0 radical (unpaired) electrons. The van der Waals surface area contributed by atoms with Crippen molar-refractivity contribution in [3.63, 3.8) is 0 Å². The molecule has 19 aromatic carbocycles. The Hall–Kier alpha value is -14.7. The minimum absolute atomic E-state index is 0.511. The Bertz CT molecular complexity index is 6880. The second kappa shape index (κ2) is 26.0. The number of para-hydroxylation sites is 2. The lowest BCUT2D eigenvalue weighted by Gasteiger charge is -2.34. The fourth-order valence-electron chi connectivity index (χ4n) is 20.1. The first-order chi connectivity index (χ1) is 56.5. The number of hydrogen-bond acceptors (Lipinski definition) is 0. The molecule has 21 aromatic rings. The summed E-state index contributed by atoms with van der Waals surface area (Å²) < 4.78 is 4.89. The van der Waals surface area contributed by atoms with E-state index in [0.29, 0.717) is 0 Å². The van der Waals surface area contributed by atoms with E-state index in [1.54, 1.807) is 0 Å². The first kappa shape index (κ1) is 65.2. The van der Waals surface area contributed by atoms with E-state index in [4.69, 9.17) is 0 Å². The molecule has 0 spiro atoms. The van der Waals surface area contributed by atoms with Gasteiger partial charge in [0.15, 0.2) is 0 Å². The quantitative estimate of drug-likeness (QED) is 0.108. The monoisotopic (exact) mass is 1440 g/mol. The summed E-state index contributed by atoms with van der Waals surface area (Å²) in [6.07, 6.45) is 0. The molecule has 2 aromatic heterocycles. The summed E-state index contributed by atoms with van der Waals surface area (Å²) in [6.45, 7) is 0. The Morgan fingerprint density at radius 2 is 0.386 bits per heavy atom. The van der Waals surface area contributed by atoms with E-state index < -0.39 is 10.8 Å². The number of benzene rings is 19. The van der Waals surface area contributed by atoms with Gasteiger partial charge in [-0.05, 0) is 252 Å². The van der Waals surface area contributed by atoms with Crippen molar-refractivity contribution >= 4 is 65.2 Å². The van der Waals surface area contributed by atoms with Crippen molar-refractivity contribution in [2.45, 2.75) is 10.8 Å². The van der Waals surface area contributed by atoms with Gasteiger partial charge in [-0.15, -0.1) is 0 Å². The normalized spacial score (nSPS) is 13.1. The van der Waals surface area contributed by atoms with Crippen LogP contribution in [-0.2, 0) is 10.8 Å². The highest BCUT2D eigenvalue weighted by molar-refractivity contribution is 6.23. The van der Waals surface area contributed by atoms with Crippen LogP contribution in [0.15, 0.2) is 437 Å². The van der Waals surface area contributed by atoms with E-state index in [0.717, 1.165) is 55.7 Å². The molecule has 0 atom stereocenters. The van der Waals surface area contributed by atoms with E-state index in [9.17, 15) is 0 Å². The zero-order valence-electron chi connectivity index (χ0n) is 62.5. The largest absolute Gasteiger partial charge is 0.309 e. The fourth-order valence-corrected chi connectivity index (χ4v) is 20.1. The van der Waals surface area contributed by atoms with Crippen LogP contribution in [0.25, 0.3) is 166 Å². The van der Waals surface area contributed by atoms with Gasteiger partial charge < -0.3 is 9.13 Å². The molecule has 0 aliphatic heterocycles. The van der Waals surface area contributed by atoms with Crippen molar-refractivity contribution in [2.75, 3.05) is 0 Å². The minimum atomic E-state index is -0.511. The second-order valence-electron chi connectivity index (χ2n) is 30.8. The van der Waals surface area contributed by atoms with E-state index in [2.05, 4.69) is 446 Å². The Labute approximate surface area is 662 Å². The van der Waals surface area contributed by atoms with Gasteiger partial charge in [0.25, 0.3) is 0 Å². The van der Waals surface area contributed by atoms with E-state index >= 15 is 0 Å². The number of rotatable bonds is 12. The average Bonchev–Trinajstić information content (AvgIpc) is 1.52. The fraction of sp³-hybridized carbons (Fsp3) is 0.0179. The number of aromatic nitrogens is 2. The van der Waals surface area contributed by atoms with Gasteiger partial charge in [-0.25, -0.2) is 0 Å². The van der Waals surface area contributed by atoms with Crippen molar-refractivity contribution in [1.29, 1.82) is 0 Å². The van der Waals surface area contributed by atoms with Crippen molar-refractivity contribution in [3.8, 4) is 100 Å². The second-order valence-corrected chi connectivity index (χ2v) is 30.8. The van der Waals surface area contributed by atoms with E-state index in [1.807, 2.05) is 0 Å². The van der Waals surface area contributed by atoms with Crippen molar-refractivity contribution in [3.05, 3.63) is 481 Å². The van der Waals surface area contributed by atoms with Gasteiger partial charge in [-0.1, -0.05) is 340 Å². The van der Waals surface area contributed by atoms with Gasteiger partial charge in [-0.2, -0.15) is 0 Å². The molecule has 530 valence electrons. The SMILES string of the molecule is c1ccc(-c2c3ccc(-c4ccc5c(c4)c4cc(-c6ccc7c(c6)C(c6ccccc6)(c6ccccc6)c6ccccc6-7)ccc4n5-c4ccccc4)cc3c(-c3ccccc3)c3ccc(-c4ccc5c(c4)c4cc(-c6ccc7c(c6)C(c6ccccc6)(c6ccccc6)c6ccccc6-7)ccc4n5-c4ccccc4)cc23)cc1. The van der Waals surface area contributed by atoms with Gasteiger partial charge in [0, 0.05) is 32.9 Å². The molecule has 2 heterocycles. The molecule has 2 nitrogen and oxygen atoms in total. The molecule has 0 unspecified atom stereocenters. The lowest BCUT2D eigenvalue weighted by molar-refractivity contribution is 0.769. The standard InChI is InChI=1S/C112H72N2/c1-9-29-73(30-10-1)109-93-59-51-76(78-54-62-106-96(66-78)98-68-80(56-64-108(98)114(106)88-43-23-8-24-44-88)82-50-58-92-90-46-26-28-48-102(90)112(104(92)72-82,85-37-17-5-18-38-85)86-39-19-6-20-40-86)70-100(93)110(74-31-11-2-12-32-74)94-60-52-75(69-99(94)109)77-53-61-105-95(65-77)97-67-79(55-63-107(97)113(105)87-41-21-7-22-42-87)81-49-57-91-89-45-25-27-47-101(89)111(103(91)71-81,83-33-13-3-14-34-83)84-35-15-4-16-36-84/h1-72H. The van der Waals surface area contributed by atoms with Crippen LogP contribution in [0, 0.1) is 0 Å². The zero-order valence-corrected chi connectivity index (χ0v) is 62.5. The maximum absolute atomic E-state index is 2.49. The minimum Gasteiger partial charge on any atom is -0.309 e. The van der Waals surface area contributed by atoms with Crippen LogP contribution >= 0.6 is 0 Å². The van der Waals surface area contributed by atoms with Crippen molar-refractivity contribution in [1.82, 2.24) is 9.13 Å². The lowest BCUT2D eigenvalue weighted by Crippen LogP contribution is -2.28. The van der Waals surface area contributed by atoms with Crippen LogP contribution in [0.2, 0.25) is 0 Å². The molecule has 0 N–H and O–H groups in total. The molecule has 0 saturated heterocycles. The molecule has 2 heteroatoms. The van der Waals surface area contributed by atoms with Crippen LogP contribution in [0.4, 0.5) is 0 Å². The molecular formula is C112H72N2. The smallest absolute Gasteiger partial charge is 0.0713 e. The molecule has 2 aliphatic carbocycles. The van der Waals surface area contributed by atoms with E-state index in [-0.39, 0.29) is 0 Å². The molecule has 114 heavy (non-hydrogen) atoms. The third-order valence-electron chi connectivity index (χ3n) is 25.1. The van der Waals surface area contributed by atoms with Crippen molar-refractivity contribution in [2.24, 2.45) is 0 Å². The lowest BCUT2D eigenvalue weighted by atomic mass is 9.67. The van der Waals surface area contributed by atoms with Crippen LogP contribution in [0.1, 0.15) is 44.5 Å². The Kier molecular flexibility index (Phi) is 14.9. The van der Waals surface area contributed by atoms with Gasteiger partial charge in [-0.3, -0.25) is 0 Å². The summed E-state index contributed by atoms with van der Waals surface area (Å²) in [7, 11) is 0. The predicted octanol–water partition coefficient (Wildman–Crippen LogP) is 28.9. The first-order valence-corrected chi connectivity index (χ1v) is 39.7. The zero-order chi connectivity index (χ0) is 75.0. The molecule has 0 bridgehead atoms. The van der Waals surface area contributed by atoms with Crippen LogP contribution in [-0.4, -0.2) is 9.13 Å².